The van der Waals surface area contributed by atoms with Gasteiger partial charge in [0.15, 0.2) is 0 Å². The van der Waals surface area contributed by atoms with Crippen LogP contribution in [0.15, 0.2) is 53.4 Å². The van der Waals surface area contributed by atoms with E-state index in [1.165, 1.54) is 0 Å². The van der Waals surface area contributed by atoms with Crippen molar-refractivity contribution >= 4 is 15.7 Å². The van der Waals surface area contributed by atoms with Gasteiger partial charge >= 0.3 is 6.36 Å². The highest BCUT2D eigenvalue weighted by molar-refractivity contribution is 7.89. The molecule has 9 heteroatoms. The first-order chi connectivity index (χ1) is 12.6. The molecule has 0 aliphatic rings. The molecular weight excluding hydrogens is 381 g/mol. The van der Waals surface area contributed by atoms with Crippen molar-refractivity contribution in [3.63, 3.8) is 0 Å². The van der Waals surface area contributed by atoms with Gasteiger partial charge in [-0.2, -0.15) is 0 Å². The zero-order valence-corrected chi connectivity index (χ0v) is 15.8. The maximum atomic E-state index is 12.3. The minimum atomic E-state index is -4.82. The Balaban J connectivity index is 1.97. The molecule has 0 amide bonds. The minimum absolute atomic E-state index is 0.129. The molecule has 5 nitrogen and oxygen atoms in total. The minimum Gasteiger partial charge on any atom is -0.406 e. The van der Waals surface area contributed by atoms with Gasteiger partial charge in [0.05, 0.1) is 4.90 Å². The van der Waals surface area contributed by atoms with E-state index >= 15 is 0 Å². The zero-order valence-electron chi connectivity index (χ0n) is 15.0. The summed E-state index contributed by atoms with van der Waals surface area (Å²) in [5, 5.41) is 0. The van der Waals surface area contributed by atoms with Gasteiger partial charge in [0.1, 0.15) is 5.75 Å². The summed E-state index contributed by atoms with van der Waals surface area (Å²) in [6.07, 6.45) is -4.82. The molecule has 0 saturated carbocycles. The van der Waals surface area contributed by atoms with Crippen LogP contribution >= 0.6 is 0 Å². The average molecular weight is 402 g/mol. The van der Waals surface area contributed by atoms with E-state index < -0.39 is 22.1 Å². The highest BCUT2D eigenvalue weighted by Crippen LogP contribution is 2.23. The van der Waals surface area contributed by atoms with Crippen molar-refractivity contribution in [2.24, 2.45) is 0 Å². The first-order valence-corrected chi connectivity index (χ1v) is 9.76. The van der Waals surface area contributed by atoms with Gasteiger partial charge in [-0.05, 0) is 55.8 Å². The van der Waals surface area contributed by atoms with E-state index in [1.807, 2.05) is 43.0 Å². The number of hydrogen-bond donors (Lipinski definition) is 1. The van der Waals surface area contributed by atoms with Crippen molar-refractivity contribution in [1.29, 1.82) is 0 Å². The number of nitrogens with zero attached hydrogens (tertiary/aromatic N) is 1. The average Bonchev–Trinajstić information content (AvgIpc) is 2.58. The number of aryl methyl sites for hydroxylation is 1. The van der Waals surface area contributed by atoms with Gasteiger partial charge in [0.2, 0.25) is 10.0 Å². The third-order valence-corrected chi connectivity index (χ3v) is 5.27. The van der Waals surface area contributed by atoms with Crippen molar-refractivity contribution in [1.82, 2.24) is 4.72 Å². The van der Waals surface area contributed by atoms with Crippen molar-refractivity contribution in [2.45, 2.75) is 25.1 Å². The number of halogens is 3. The predicted octanol–water partition coefficient (Wildman–Crippen LogP) is 3.70. The van der Waals surface area contributed by atoms with Gasteiger partial charge < -0.3 is 9.64 Å². The number of benzene rings is 2. The normalized spacial score (nSPS) is 12.0. The van der Waals surface area contributed by atoms with Gasteiger partial charge in [-0.3, -0.25) is 0 Å². The molecule has 0 aliphatic heterocycles. The molecule has 0 atom stereocenters. The number of anilines is 1. The lowest BCUT2D eigenvalue weighted by molar-refractivity contribution is -0.274. The Morgan fingerprint density at radius 3 is 2.33 bits per heavy atom. The van der Waals surface area contributed by atoms with Gasteiger partial charge in [0.25, 0.3) is 0 Å². The lowest BCUT2D eigenvalue weighted by Crippen LogP contribution is -2.35. The molecule has 0 aliphatic carbocycles. The molecule has 0 unspecified atom stereocenters. The van der Waals surface area contributed by atoms with Crippen LogP contribution in [0.1, 0.15) is 12.5 Å². The Hall–Kier alpha value is -2.26. The molecule has 2 aromatic carbocycles. The van der Waals surface area contributed by atoms with Gasteiger partial charge in [-0.1, -0.05) is 12.1 Å². The maximum absolute atomic E-state index is 12.3. The Labute approximate surface area is 156 Å². The Kier molecular flexibility index (Phi) is 6.72. The molecule has 0 fully saturated rings. The first kappa shape index (κ1) is 21.0. The fourth-order valence-corrected chi connectivity index (χ4v) is 3.53. The van der Waals surface area contributed by atoms with Crippen LogP contribution in [0.4, 0.5) is 18.9 Å². The van der Waals surface area contributed by atoms with E-state index in [-0.39, 0.29) is 11.4 Å². The quantitative estimate of drug-likeness (QED) is 0.732. The third kappa shape index (κ3) is 6.44. The Morgan fingerprint density at radius 2 is 1.78 bits per heavy atom. The van der Waals surface area contributed by atoms with Crippen molar-refractivity contribution in [3.05, 3.63) is 54.1 Å². The van der Waals surface area contributed by atoms with E-state index in [0.717, 1.165) is 35.5 Å². The largest absolute Gasteiger partial charge is 0.573 e. The third-order valence-electron chi connectivity index (χ3n) is 3.79. The lowest BCUT2D eigenvalue weighted by Gasteiger charge is -2.23. The molecule has 0 spiro atoms. The standard InChI is InChI=1S/C18H21F3N2O3S/c1-3-23(15-6-4-5-14(2)13-15)12-11-22-27(24,25)17-9-7-16(8-10-17)26-18(19,20)21/h4-10,13,22H,3,11-12H2,1-2H3. The number of hydrogen-bond acceptors (Lipinski definition) is 4. The molecule has 0 bridgehead atoms. The summed E-state index contributed by atoms with van der Waals surface area (Å²) in [6, 6.07) is 11.9. The van der Waals surface area contributed by atoms with E-state index in [4.69, 9.17) is 0 Å². The molecule has 1 N–H and O–H groups in total. The summed E-state index contributed by atoms with van der Waals surface area (Å²) in [6.45, 7) is 5.26. The molecule has 27 heavy (non-hydrogen) atoms. The van der Waals surface area contributed by atoms with Crippen molar-refractivity contribution < 1.29 is 26.3 Å². The zero-order chi connectivity index (χ0) is 20.1. The summed E-state index contributed by atoms with van der Waals surface area (Å²) in [5.41, 5.74) is 2.10. The van der Waals surface area contributed by atoms with E-state index in [2.05, 4.69) is 9.46 Å². The fourth-order valence-electron chi connectivity index (χ4n) is 2.51. The van der Waals surface area contributed by atoms with Crippen LogP contribution in [0.5, 0.6) is 5.75 Å². The fraction of sp³-hybridized carbons (Fsp3) is 0.333. The second-order valence-electron chi connectivity index (χ2n) is 5.84. The molecule has 0 heterocycles. The smallest absolute Gasteiger partial charge is 0.406 e. The molecule has 2 rings (SSSR count). The van der Waals surface area contributed by atoms with Crippen LogP contribution in [0, 0.1) is 6.92 Å². The van der Waals surface area contributed by atoms with E-state index in [0.29, 0.717) is 13.1 Å². The highest BCUT2D eigenvalue weighted by Gasteiger charge is 2.31. The second kappa shape index (κ2) is 8.62. The molecule has 0 saturated heterocycles. The molecule has 0 aromatic heterocycles. The topological polar surface area (TPSA) is 58.6 Å². The van der Waals surface area contributed by atoms with Crippen molar-refractivity contribution in [3.8, 4) is 5.75 Å². The highest BCUT2D eigenvalue weighted by atomic mass is 32.2. The number of sulfonamides is 1. The molecule has 2 aromatic rings. The van der Waals surface area contributed by atoms with Gasteiger partial charge in [0, 0.05) is 25.3 Å². The molecule has 148 valence electrons. The Morgan fingerprint density at radius 1 is 1.11 bits per heavy atom. The first-order valence-electron chi connectivity index (χ1n) is 8.28. The summed E-state index contributed by atoms with van der Waals surface area (Å²) in [4.78, 5) is 1.89. The summed E-state index contributed by atoms with van der Waals surface area (Å²) in [7, 11) is -3.83. The van der Waals surface area contributed by atoms with Crippen LogP contribution in [-0.2, 0) is 10.0 Å². The number of alkyl halides is 3. The summed E-state index contributed by atoms with van der Waals surface area (Å²) >= 11 is 0. The monoisotopic (exact) mass is 402 g/mol. The second-order valence-corrected chi connectivity index (χ2v) is 7.60. The van der Waals surface area contributed by atoms with Crippen LogP contribution < -0.4 is 14.4 Å². The lowest BCUT2D eigenvalue weighted by atomic mass is 10.2. The number of ether oxygens (including phenoxy) is 1. The van der Waals surface area contributed by atoms with Crippen LogP contribution in [0.2, 0.25) is 0 Å². The molecular formula is C18H21F3N2O3S. The SMILES string of the molecule is CCN(CCNS(=O)(=O)c1ccc(OC(F)(F)F)cc1)c1cccc(C)c1. The van der Waals surface area contributed by atoms with Crippen LogP contribution in [-0.4, -0.2) is 34.4 Å². The van der Waals surface area contributed by atoms with Crippen molar-refractivity contribution in [2.75, 3.05) is 24.5 Å². The summed E-state index contributed by atoms with van der Waals surface area (Å²) in [5.74, 6) is -0.474. The van der Waals surface area contributed by atoms with E-state index in [9.17, 15) is 21.6 Å². The number of nitrogens with one attached hydrogen (secondary N) is 1. The van der Waals surface area contributed by atoms with Gasteiger partial charge in [-0.15, -0.1) is 13.2 Å². The predicted molar refractivity (Wildman–Crippen MR) is 97.4 cm³/mol. The van der Waals surface area contributed by atoms with Gasteiger partial charge in [-0.25, -0.2) is 13.1 Å². The van der Waals surface area contributed by atoms with Crippen LogP contribution in [0.3, 0.4) is 0 Å². The summed E-state index contributed by atoms with van der Waals surface area (Å²) < 4.78 is 67.3. The molecule has 0 radical (unpaired) electrons. The maximum Gasteiger partial charge on any atom is 0.573 e. The van der Waals surface area contributed by atoms with E-state index in [1.54, 1.807) is 0 Å². The number of likely N-dealkylation sites (N-methyl/N-ethyl adjacent to an activating group) is 1. The number of rotatable bonds is 8. The Bertz CT molecular complexity index is 853. The van der Waals surface area contributed by atoms with Crippen LogP contribution in [0.25, 0.3) is 0 Å².